The van der Waals surface area contributed by atoms with E-state index in [0.29, 0.717) is 18.1 Å². The van der Waals surface area contributed by atoms with Crippen LogP contribution in [-0.4, -0.2) is 34.7 Å². The van der Waals surface area contributed by atoms with E-state index in [1.807, 2.05) is 0 Å². The summed E-state index contributed by atoms with van der Waals surface area (Å²) in [4.78, 5) is 0. The van der Waals surface area contributed by atoms with E-state index in [1.165, 1.54) is 0 Å². The lowest BCUT2D eigenvalue weighted by Gasteiger charge is -2.42. The first-order chi connectivity index (χ1) is 5.91. The molecule has 0 aromatic heterocycles. The van der Waals surface area contributed by atoms with E-state index >= 15 is 0 Å². The zero-order chi connectivity index (χ0) is 10.6. The molecule has 2 heteroatoms. The quantitative estimate of drug-likeness (QED) is 0.609. The fourth-order valence-electron chi connectivity index (χ4n) is 1.98. The van der Waals surface area contributed by atoms with Gasteiger partial charge in [0.15, 0.2) is 0 Å². The Hall–Kier alpha value is -0.0800. The van der Waals surface area contributed by atoms with Crippen LogP contribution in [-0.2, 0) is 0 Å². The average Bonchev–Trinajstić information content (AvgIpc) is 1.97. The Morgan fingerprint density at radius 3 is 1.23 bits per heavy atom. The molecule has 0 amide bonds. The molecule has 0 radical (unpaired) electrons. The van der Waals surface area contributed by atoms with Gasteiger partial charge in [0.05, 0.1) is 0 Å². The Kier molecular flexibility index (Phi) is 5.57. The van der Waals surface area contributed by atoms with Crippen LogP contribution in [0, 0.1) is 0 Å². The fraction of sp³-hybridized carbons (Fsp3) is 1.00. The van der Waals surface area contributed by atoms with Gasteiger partial charge in [0, 0.05) is 24.7 Å². The number of hydrogen-bond donors (Lipinski definition) is 0. The molecule has 0 aliphatic carbocycles. The standard InChI is InChI=1S/C11H26N2/c1-8-12(9(2)3)13(10(4)5)11(6)7/h9-11H,8H2,1-7H3. The summed E-state index contributed by atoms with van der Waals surface area (Å²) in [5.41, 5.74) is 0. The van der Waals surface area contributed by atoms with Gasteiger partial charge >= 0.3 is 0 Å². The van der Waals surface area contributed by atoms with Gasteiger partial charge in [0.25, 0.3) is 0 Å². The largest absolute Gasteiger partial charge is 0.239 e. The third kappa shape index (κ3) is 3.65. The average molecular weight is 186 g/mol. The van der Waals surface area contributed by atoms with Gasteiger partial charge in [-0.15, -0.1) is 0 Å². The summed E-state index contributed by atoms with van der Waals surface area (Å²) < 4.78 is 0. The molecule has 0 heterocycles. The van der Waals surface area contributed by atoms with Crippen LogP contribution < -0.4 is 0 Å². The van der Waals surface area contributed by atoms with Crippen LogP contribution in [0.4, 0.5) is 0 Å². The Bertz CT molecular complexity index is 122. The fourth-order valence-corrected chi connectivity index (χ4v) is 1.98. The van der Waals surface area contributed by atoms with Crippen molar-refractivity contribution in [1.29, 1.82) is 0 Å². The van der Waals surface area contributed by atoms with Crippen molar-refractivity contribution in [2.75, 3.05) is 6.54 Å². The molecule has 0 atom stereocenters. The molecule has 0 N–H and O–H groups in total. The predicted molar refractivity (Wildman–Crippen MR) is 59.6 cm³/mol. The van der Waals surface area contributed by atoms with Gasteiger partial charge in [-0.3, -0.25) is 0 Å². The SMILES string of the molecule is CCN(C(C)C)N(C(C)C)C(C)C. The highest BCUT2D eigenvalue weighted by atomic mass is 15.6. The van der Waals surface area contributed by atoms with E-state index in [2.05, 4.69) is 58.5 Å². The van der Waals surface area contributed by atoms with Crippen molar-refractivity contribution >= 4 is 0 Å². The molecular formula is C11H26N2. The molecule has 0 aromatic rings. The van der Waals surface area contributed by atoms with Gasteiger partial charge in [0.2, 0.25) is 0 Å². The van der Waals surface area contributed by atoms with Crippen LogP contribution in [0.15, 0.2) is 0 Å². The summed E-state index contributed by atoms with van der Waals surface area (Å²) in [5.74, 6) is 0. The van der Waals surface area contributed by atoms with Crippen molar-refractivity contribution in [3.8, 4) is 0 Å². The molecule has 2 nitrogen and oxygen atoms in total. The van der Waals surface area contributed by atoms with Gasteiger partial charge in [-0.05, 0) is 41.5 Å². The lowest BCUT2D eigenvalue weighted by molar-refractivity contribution is -0.0933. The zero-order valence-corrected chi connectivity index (χ0v) is 10.3. The number of nitrogens with zero attached hydrogens (tertiary/aromatic N) is 2. The van der Waals surface area contributed by atoms with Crippen molar-refractivity contribution in [2.45, 2.75) is 66.6 Å². The normalized spacial score (nSPS) is 12.9. The van der Waals surface area contributed by atoms with E-state index in [1.54, 1.807) is 0 Å². The van der Waals surface area contributed by atoms with Crippen LogP contribution >= 0.6 is 0 Å². The first kappa shape index (κ1) is 12.9. The minimum absolute atomic E-state index is 0.586. The smallest absolute Gasteiger partial charge is 0.0192 e. The Labute approximate surface area is 83.9 Å². The first-order valence-electron chi connectivity index (χ1n) is 5.46. The van der Waals surface area contributed by atoms with Crippen molar-refractivity contribution in [3.05, 3.63) is 0 Å². The van der Waals surface area contributed by atoms with Gasteiger partial charge in [0.1, 0.15) is 0 Å². The van der Waals surface area contributed by atoms with Gasteiger partial charge in [-0.1, -0.05) is 6.92 Å². The van der Waals surface area contributed by atoms with E-state index in [-0.39, 0.29) is 0 Å². The summed E-state index contributed by atoms with van der Waals surface area (Å²) in [6, 6.07) is 1.76. The maximum Gasteiger partial charge on any atom is 0.0192 e. The van der Waals surface area contributed by atoms with Gasteiger partial charge in [-0.25, -0.2) is 10.0 Å². The third-order valence-corrected chi connectivity index (χ3v) is 2.27. The minimum atomic E-state index is 0.586. The van der Waals surface area contributed by atoms with Crippen molar-refractivity contribution in [3.63, 3.8) is 0 Å². The summed E-state index contributed by atoms with van der Waals surface area (Å²) in [6.07, 6.45) is 0. The monoisotopic (exact) mass is 186 g/mol. The Morgan fingerprint density at radius 1 is 0.769 bits per heavy atom. The lowest BCUT2D eigenvalue weighted by atomic mass is 10.2. The molecule has 0 aliphatic rings. The van der Waals surface area contributed by atoms with E-state index in [4.69, 9.17) is 0 Å². The highest BCUT2D eigenvalue weighted by Crippen LogP contribution is 2.12. The Morgan fingerprint density at radius 2 is 1.15 bits per heavy atom. The lowest BCUT2D eigenvalue weighted by Crippen LogP contribution is -2.53. The van der Waals surface area contributed by atoms with Crippen molar-refractivity contribution in [2.24, 2.45) is 0 Å². The third-order valence-electron chi connectivity index (χ3n) is 2.27. The van der Waals surface area contributed by atoms with E-state index < -0.39 is 0 Å². The zero-order valence-electron chi connectivity index (χ0n) is 10.3. The topological polar surface area (TPSA) is 6.48 Å². The molecule has 0 saturated carbocycles. The molecule has 0 aromatic carbocycles. The Balaban J connectivity index is 4.49. The molecule has 0 bridgehead atoms. The summed E-state index contributed by atoms with van der Waals surface area (Å²) in [7, 11) is 0. The molecule has 13 heavy (non-hydrogen) atoms. The number of rotatable bonds is 5. The minimum Gasteiger partial charge on any atom is -0.239 e. The van der Waals surface area contributed by atoms with Gasteiger partial charge in [-0.2, -0.15) is 0 Å². The van der Waals surface area contributed by atoms with Crippen LogP contribution in [0.1, 0.15) is 48.5 Å². The second-order valence-electron chi connectivity index (χ2n) is 4.42. The molecule has 0 aliphatic heterocycles. The highest BCUT2D eigenvalue weighted by Gasteiger charge is 2.21. The maximum atomic E-state index is 2.46. The van der Waals surface area contributed by atoms with E-state index in [9.17, 15) is 0 Å². The van der Waals surface area contributed by atoms with Crippen LogP contribution in [0.2, 0.25) is 0 Å². The molecule has 0 saturated heterocycles. The maximum absolute atomic E-state index is 2.46. The van der Waals surface area contributed by atoms with Crippen LogP contribution in [0.25, 0.3) is 0 Å². The number of hydrogen-bond acceptors (Lipinski definition) is 2. The summed E-state index contributed by atoms with van der Waals surface area (Å²) in [5, 5.41) is 4.90. The second-order valence-corrected chi connectivity index (χ2v) is 4.42. The highest BCUT2D eigenvalue weighted by molar-refractivity contribution is 4.68. The summed E-state index contributed by atoms with van der Waals surface area (Å²) >= 11 is 0. The molecule has 0 spiro atoms. The van der Waals surface area contributed by atoms with Crippen molar-refractivity contribution < 1.29 is 0 Å². The molecule has 0 unspecified atom stereocenters. The van der Waals surface area contributed by atoms with Crippen molar-refractivity contribution in [1.82, 2.24) is 10.0 Å². The van der Waals surface area contributed by atoms with Crippen LogP contribution in [0.3, 0.4) is 0 Å². The van der Waals surface area contributed by atoms with Crippen LogP contribution in [0.5, 0.6) is 0 Å². The predicted octanol–water partition coefficient (Wildman–Crippen LogP) is 2.75. The molecular weight excluding hydrogens is 160 g/mol. The summed E-state index contributed by atoms with van der Waals surface area (Å²) in [6.45, 7) is 16.8. The van der Waals surface area contributed by atoms with Gasteiger partial charge < -0.3 is 0 Å². The molecule has 0 fully saturated rings. The second kappa shape index (κ2) is 5.61. The number of hydrazine groups is 1. The first-order valence-corrected chi connectivity index (χ1v) is 5.46. The molecule has 0 rings (SSSR count). The van der Waals surface area contributed by atoms with E-state index in [0.717, 1.165) is 6.54 Å². The molecule has 80 valence electrons.